The van der Waals surface area contributed by atoms with Gasteiger partial charge in [0.1, 0.15) is 17.5 Å². The van der Waals surface area contributed by atoms with Crippen molar-refractivity contribution >= 4 is 5.91 Å². The minimum absolute atomic E-state index is 0.0236. The second-order valence-electron chi connectivity index (χ2n) is 5.83. The number of aromatic nitrogens is 4. The van der Waals surface area contributed by atoms with Gasteiger partial charge in [0, 0.05) is 30.7 Å². The van der Waals surface area contributed by atoms with E-state index in [1.807, 2.05) is 41.1 Å². The summed E-state index contributed by atoms with van der Waals surface area (Å²) >= 11 is 0. The molecule has 7 nitrogen and oxygen atoms in total. The zero-order valence-electron chi connectivity index (χ0n) is 13.5. The first-order valence-electron chi connectivity index (χ1n) is 8.09. The van der Waals surface area contributed by atoms with Crippen molar-refractivity contribution in [3.8, 4) is 5.75 Å². The number of ether oxygens (including phenoxy) is 1. The number of nitrogens with one attached hydrogen (secondary N) is 1. The van der Waals surface area contributed by atoms with Crippen LogP contribution < -0.4 is 10.1 Å². The predicted octanol–water partition coefficient (Wildman–Crippen LogP) is 1.61. The molecule has 4 rings (SSSR count). The molecule has 0 aromatic carbocycles. The summed E-state index contributed by atoms with van der Waals surface area (Å²) in [6.45, 7) is 1.01. The highest BCUT2D eigenvalue weighted by Crippen LogP contribution is 2.21. The van der Waals surface area contributed by atoms with Crippen LogP contribution >= 0.6 is 0 Å². The fourth-order valence-electron chi connectivity index (χ4n) is 2.83. The van der Waals surface area contributed by atoms with E-state index in [2.05, 4.69) is 20.4 Å². The number of amides is 1. The second kappa shape index (κ2) is 6.72. The maximum Gasteiger partial charge on any atom is 0.272 e. The number of rotatable bonds is 5. The molecule has 1 N–H and O–H groups in total. The summed E-state index contributed by atoms with van der Waals surface area (Å²) in [5.41, 5.74) is 2.24. The molecule has 0 saturated heterocycles. The Hall–Kier alpha value is -3.22. The van der Waals surface area contributed by atoms with E-state index in [1.54, 1.807) is 18.6 Å². The van der Waals surface area contributed by atoms with Crippen LogP contribution in [0.1, 0.15) is 21.9 Å². The van der Waals surface area contributed by atoms with Gasteiger partial charge in [-0.2, -0.15) is 5.10 Å². The molecule has 0 unspecified atom stereocenters. The maximum absolute atomic E-state index is 12.2. The quantitative estimate of drug-likeness (QED) is 0.766. The van der Waals surface area contributed by atoms with Crippen LogP contribution in [0.25, 0.3) is 0 Å². The molecule has 3 aromatic rings. The van der Waals surface area contributed by atoms with Crippen LogP contribution in [0.5, 0.6) is 5.75 Å². The molecule has 1 aliphatic heterocycles. The monoisotopic (exact) mass is 335 g/mol. The number of hydrogen-bond acceptors (Lipinski definition) is 5. The van der Waals surface area contributed by atoms with E-state index in [0.29, 0.717) is 18.8 Å². The van der Waals surface area contributed by atoms with E-state index < -0.39 is 0 Å². The molecule has 1 aliphatic rings. The molecule has 0 spiro atoms. The second-order valence-corrected chi connectivity index (χ2v) is 5.83. The minimum atomic E-state index is -0.195. The van der Waals surface area contributed by atoms with Gasteiger partial charge in [0.15, 0.2) is 0 Å². The van der Waals surface area contributed by atoms with E-state index >= 15 is 0 Å². The van der Waals surface area contributed by atoms with Crippen LogP contribution in [0.4, 0.5) is 0 Å². The molecule has 25 heavy (non-hydrogen) atoms. The van der Waals surface area contributed by atoms with Gasteiger partial charge in [-0.3, -0.25) is 19.4 Å². The van der Waals surface area contributed by atoms with E-state index in [1.165, 1.54) is 0 Å². The number of fused-ring (bicyclic) bond motifs is 1. The molecule has 1 atom stereocenters. The Labute approximate surface area is 144 Å². The lowest BCUT2D eigenvalue weighted by Crippen LogP contribution is -2.24. The lowest BCUT2D eigenvalue weighted by molar-refractivity contribution is 0.0943. The van der Waals surface area contributed by atoms with Gasteiger partial charge < -0.3 is 10.1 Å². The fraction of sp³-hybridized carbons (Fsp3) is 0.222. The summed E-state index contributed by atoms with van der Waals surface area (Å²) in [6, 6.07) is 11.1. The lowest BCUT2D eigenvalue weighted by Gasteiger charge is -2.12. The molecule has 0 bridgehead atoms. The first-order valence-corrected chi connectivity index (χ1v) is 8.09. The Balaban J connectivity index is 1.35. The van der Waals surface area contributed by atoms with Gasteiger partial charge in [-0.1, -0.05) is 6.07 Å². The van der Waals surface area contributed by atoms with Gasteiger partial charge in [-0.15, -0.1) is 0 Å². The fourth-order valence-corrected chi connectivity index (χ4v) is 2.83. The average Bonchev–Trinajstić information content (AvgIpc) is 3.20. The first-order chi connectivity index (χ1) is 12.3. The van der Waals surface area contributed by atoms with E-state index in [4.69, 9.17) is 4.74 Å². The molecule has 3 aromatic heterocycles. The predicted molar refractivity (Wildman–Crippen MR) is 90.0 cm³/mol. The third-order valence-corrected chi connectivity index (χ3v) is 4.02. The topological polar surface area (TPSA) is 81.9 Å². The number of hydrogen-bond donors (Lipinski definition) is 1. The maximum atomic E-state index is 12.2. The zero-order chi connectivity index (χ0) is 17.1. The number of nitrogens with zero attached hydrogens (tertiary/aromatic N) is 4. The molecule has 126 valence electrons. The van der Waals surface area contributed by atoms with Crippen molar-refractivity contribution in [3.63, 3.8) is 0 Å². The van der Waals surface area contributed by atoms with Crippen molar-refractivity contribution in [2.75, 3.05) is 0 Å². The SMILES string of the molecule is O=C(NCc1ccccn1)c1cc2n(n1)C[C@@H](Oc1ccncc1)C2. The highest BCUT2D eigenvalue weighted by Gasteiger charge is 2.26. The summed E-state index contributed by atoms with van der Waals surface area (Å²) in [7, 11) is 0. The number of carbonyl (C=O) groups is 1. The summed E-state index contributed by atoms with van der Waals surface area (Å²) in [5.74, 6) is 0.596. The van der Waals surface area contributed by atoms with Crippen molar-refractivity contribution in [3.05, 3.63) is 72.1 Å². The molecular formula is C18H17N5O2. The summed E-state index contributed by atoms with van der Waals surface area (Å²) < 4.78 is 7.75. The zero-order valence-corrected chi connectivity index (χ0v) is 13.5. The molecular weight excluding hydrogens is 318 g/mol. The van der Waals surface area contributed by atoms with Crippen molar-refractivity contribution in [2.24, 2.45) is 0 Å². The smallest absolute Gasteiger partial charge is 0.272 e. The molecule has 0 radical (unpaired) electrons. The Morgan fingerprint density at radius 2 is 2.12 bits per heavy atom. The minimum Gasteiger partial charge on any atom is -0.488 e. The van der Waals surface area contributed by atoms with Crippen molar-refractivity contribution in [1.29, 1.82) is 0 Å². The van der Waals surface area contributed by atoms with Gasteiger partial charge in [0.25, 0.3) is 5.91 Å². The van der Waals surface area contributed by atoms with Gasteiger partial charge in [0.05, 0.1) is 18.8 Å². The third kappa shape index (κ3) is 3.50. The molecule has 4 heterocycles. The molecule has 0 fully saturated rings. The highest BCUT2D eigenvalue weighted by molar-refractivity contribution is 5.92. The van der Waals surface area contributed by atoms with Crippen molar-refractivity contribution in [1.82, 2.24) is 25.1 Å². The Kier molecular flexibility index (Phi) is 4.12. The van der Waals surface area contributed by atoms with Gasteiger partial charge in [-0.05, 0) is 30.3 Å². The van der Waals surface area contributed by atoms with Gasteiger partial charge >= 0.3 is 0 Å². The van der Waals surface area contributed by atoms with E-state index in [0.717, 1.165) is 23.6 Å². The number of pyridine rings is 2. The molecule has 0 saturated carbocycles. The largest absolute Gasteiger partial charge is 0.488 e. The highest BCUT2D eigenvalue weighted by atomic mass is 16.5. The van der Waals surface area contributed by atoms with Crippen LogP contribution in [-0.2, 0) is 19.5 Å². The van der Waals surface area contributed by atoms with Crippen LogP contribution in [-0.4, -0.2) is 31.8 Å². The average molecular weight is 335 g/mol. The van der Waals surface area contributed by atoms with Crippen LogP contribution in [0, 0.1) is 0 Å². The van der Waals surface area contributed by atoms with Gasteiger partial charge in [0.2, 0.25) is 0 Å². The molecule has 1 amide bonds. The summed E-state index contributed by atoms with van der Waals surface area (Å²) in [4.78, 5) is 20.4. The Morgan fingerprint density at radius 1 is 1.24 bits per heavy atom. The van der Waals surface area contributed by atoms with Crippen molar-refractivity contribution < 1.29 is 9.53 Å². The van der Waals surface area contributed by atoms with Crippen LogP contribution in [0.15, 0.2) is 55.0 Å². The summed E-state index contributed by atoms with van der Waals surface area (Å²) in [5, 5.41) is 7.23. The number of carbonyl (C=O) groups excluding carboxylic acids is 1. The first kappa shape index (κ1) is 15.3. The molecule has 0 aliphatic carbocycles. The Morgan fingerprint density at radius 3 is 2.88 bits per heavy atom. The van der Waals surface area contributed by atoms with Crippen LogP contribution in [0.3, 0.4) is 0 Å². The van der Waals surface area contributed by atoms with Crippen LogP contribution in [0.2, 0.25) is 0 Å². The Bertz CT molecular complexity index is 840. The lowest BCUT2D eigenvalue weighted by atomic mass is 10.2. The normalized spacial score (nSPS) is 15.6. The van der Waals surface area contributed by atoms with E-state index in [9.17, 15) is 4.79 Å². The standard InChI is InChI=1S/C18H17N5O2/c24-18(21-11-13-3-1-2-6-20-13)17-10-14-9-16(12-23(14)22-17)25-15-4-7-19-8-5-15/h1-8,10,16H,9,11-12H2,(H,21,24)/t16-/m0/s1. The van der Waals surface area contributed by atoms with Crippen molar-refractivity contribution in [2.45, 2.75) is 25.6 Å². The third-order valence-electron chi connectivity index (χ3n) is 4.02. The van der Waals surface area contributed by atoms with E-state index in [-0.39, 0.29) is 12.0 Å². The molecule has 7 heteroatoms. The van der Waals surface area contributed by atoms with Gasteiger partial charge in [-0.25, -0.2) is 0 Å². The summed E-state index contributed by atoms with van der Waals surface area (Å²) in [6.07, 6.45) is 5.86.